The first kappa shape index (κ1) is 14.2. The van der Waals surface area contributed by atoms with Gasteiger partial charge in [-0.1, -0.05) is 50.3 Å². The summed E-state index contributed by atoms with van der Waals surface area (Å²) in [4.78, 5) is 4.48. The summed E-state index contributed by atoms with van der Waals surface area (Å²) >= 11 is 0. The lowest BCUT2D eigenvalue weighted by molar-refractivity contribution is 0.880. The molecule has 18 heavy (non-hydrogen) atoms. The Balaban J connectivity index is 2.98. The quantitative estimate of drug-likeness (QED) is 0.677. The second kappa shape index (κ2) is 7.49. The molecule has 0 amide bonds. The fraction of sp³-hybridized carbons (Fsp3) is 0.312. The van der Waals surface area contributed by atoms with Crippen molar-refractivity contribution in [1.29, 1.82) is 0 Å². The number of aromatic nitrogens is 2. The minimum Gasteiger partial charge on any atom is -0.328 e. The Morgan fingerprint density at radius 2 is 2.28 bits per heavy atom. The van der Waals surface area contributed by atoms with Gasteiger partial charge in [-0.15, -0.1) is 0 Å². The van der Waals surface area contributed by atoms with Crippen molar-refractivity contribution in [3.63, 3.8) is 0 Å². The van der Waals surface area contributed by atoms with Crippen LogP contribution in [0.5, 0.6) is 0 Å². The maximum atomic E-state index is 4.48. The molecule has 1 aromatic rings. The number of hydrogen-bond donors (Lipinski definition) is 0. The predicted molar refractivity (Wildman–Crippen MR) is 80.1 cm³/mol. The van der Waals surface area contributed by atoms with E-state index in [1.807, 2.05) is 32.3 Å². The van der Waals surface area contributed by atoms with Gasteiger partial charge in [0, 0.05) is 12.6 Å². The highest BCUT2D eigenvalue weighted by atomic mass is 15.1. The van der Waals surface area contributed by atoms with Gasteiger partial charge in [-0.3, -0.25) is 0 Å². The van der Waals surface area contributed by atoms with E-state index in [1.54, 1.807) is 6.08 Å². The molecule has 0 saturated heterocycles. The summed E-state index contributed by atoms with van der Waals surface area (Å²) in [5.74, 6) is 0.978. The maximum Gasteiger partial charge on any atom is 0.139 e. The van der Waals surface area contributed by atoms with Crippen LogP contribution in [-0.4, -0.2) is 9.55 Å². The maximum absolute atomic E-state index is 4.48. The molecule has 1 rings (SSSR count). The molecule has 2 nitrogen and oxygen atoms in total. The van der Waals surface area contributed by atoms with Gasteiger partial charge in [-0.2, -0.15) is 0 Å². The fourth-order valence-electron chi connectivity index (χ4n) is 1.69. The Hall–Kier alpha value is -1.83. The molecule has 1 heterocycles. The summed E-state index contributed by atoms with van der Waals surface area (Å²) in [7, 11) is 2.04. The van der Waals surface area contributed by atoms with Gasteiger partial charge < -0.3 is 4.57 Å². The van der Waals surface area contributed by atoms with E-state index in [9.17, 15) is 0 Å². The van der Waals surface area contributed by atoms with Crippen LogP contribution >= 0.6 is 0 Å². The van der Waals surface area contributed by atoms with Crippen LogP contribution in [0.1, 0.15) is 38.2 Å². The Morgan fingerprint density at radius 1 is 1.50 bits per heavy atom. The topological polar surface area (TPSA) is 17.8 Å². The molecule has 0 aliphatic carbocycles. The van der Waals surface area contributed by atoms with E-state index in [0.29, 0.717) is 0 Å². The minimum absolute atomic E-state index is 0.978. The van der Waals surface area contributed by atoms with Crippen LogP contribution in [0.3, 0.4) is 0 Å². The third-order valence-electron chi connectivity index (χ3n) is 2.75. The first-order valence-corrected chi connectivity index (χ1v) is 6.38. The SMILES string of the molecule is C=C/C=C\C(=C/C)c1ncc(/C=C\CCC)n1C. The standard InChI is InChI=1S/C16H22N2/c1-5-8-10-12-15-13-17-16(18(15)4)14(7-3)11-9-6-2/h6-7,9-13H,2,5,8H2,1,3-4H3/b11-9-,12-10-,14-7+. The normalized spacial score (nSPS) is 12.7. The van der Waals surface area contributed by atoms with Crippen LogP contribution in [-0.2, 0) is 7.05 Å². The second-order valence-electron chi connectivity index (χ2n) is 4.10. The zero-order chi connectivity index (χ0) is 13.4. The smallest absolute Gasteiger partial charge is 0.139 e. The summed E-state index contributed by atoms with van der Waals surface area (Å²) in [6, 6.07) is 0. The Kier molecular flexibility index (Phi) is 5.92. The van der Waals surface area contributed by atoms with Crippen molar-refractivity contribution < 1.29 is 0 Å². The Labute approximate surface area is 110 Å². The molecule has 0 aromatic carbocycles. The molecular weight excluding hydrogens is 220 g/mol. The monoisotopic (exact) mass is 242 g/mol. The molecule has 96 valence electrons. The van der Waals surface area contributed by atoms with Gasteiger partial charge in [0.2, 0.25) is 0 Å². The van der Waals surface area contributed by atoms with Crippen LogP contribution < -0.4 is 0 Å². The molecule has 0 N–H and O–H groups in total. The van der Waals surface area contributed by atoms with Gasteiger partial charge in [0.05, 0.1) is 11.9 Å². The first-order chi connectivity index (χ1) is 8.74. The van der Waals surface area contributed by atoms with Crippen molar-refractivity contribution in [2.24, 2.45) is 7.05 Å². The molecule has 0 atom stereocenters. The van der Waals surface area contributed by atoms with E-state index in [-0.39, 0.29) is 0 Å². The third kappa shape index (κ3) is 3.59. The van der Waals surface area contributed by atoms with Crippen molar-refractivity contribution in [3.05, 3.63) is 54.7 Å². The number of hydrogen-bond acceptors (Lipinski definition) is 1. The summed E-state index contributed by atoms with van der Waals surface area (Å²) in [5.41, 5.74) is 2.23. The lowest BCUT2D eigenvalue weighted by Crippen LogP contribution is -1.97. The Morgan fingerprint density at radius 3 is 2.89 bits per heavy atom. The van der Waals surface area contributed by atoms with E-state index in [4.69, 9.17) is 0 Å². The fourth-order valence-corrected chi connectivity index (χ4v) is 1.69. The van der Waals surface area contributed by atoms with Crippen molar-refractivity contribution in [2.75, 3.05) is 0 Å². The van der Waals surface area contributed by atoms with Crippen LogP contribution in [0.2, 0.25) is 0 Å². The van der Waals surface area contributed by atoms with E-state index in [2.05, 4.69) is 41.3 Å². The van der Waals surface area contributed by atoms with E-state index in [0.717, 1.165) is 23.5 Å². The van der Waals surface area contributed by atoms with E-state index < -0.39 is 0 Å². The van der Waals surface area contributed by atoms with Crippen molar-refractivity contribution in [3.8, 4) is 0 Å². The molecule has 0 fully saturated rings. The van der Waals surface area contributed by atoms with Crippen LogP contribution in [0.25, 0.3) is 11.6 Å². The van der Waals surface area contributed by atoms with Crippen molar-refractivity contribution >= 4 is 11.6 Å². The molecule has 1 aromatic heterocycles. The average Bonchev–Trinajstić information content (AvgIpc) is 2.73. The van der Waals surface area contributed by atoms with Crippen LogP contribution in [0, 0.1) is 0 Å². The summed E-state index contributed by atoms with van der Waals surface area (Å²) < 4.78 is 2.11. The number of imidazole rings is 1. The highest BCUT2D eigenvalue weighted by molar-refractivity contribution is 5.70. The number of allylic oxidation sites excluding steroid dienone is 6. The van der Waals surface area contributed by atoms with Gasteiger partial charge in [0.1, 0.15) is 5.82 Å². The highest BCUT2D eigenvalue weighted by Crippen LogP contribution is 2.16. The second-order valence-corrected chi connectivity index (χ2v) is 4.10. The van der Waals surface area contributed by atoms with Gasteiger partial charge >= 0.3 is 0 Å². The summed E-state index contributed by atoms with van der Waals surface area (Å²) in [5, 5.41) is 0. The van der Waals surface area contributed by atoms with E-state index in [1.165, 1.54) is 6.42 Å². The molecule has 0 bridgehead atoms. The van der Waals surface area contributed by atoms with Gasteiger partial charge in [0.15, 0.2) is 0 Å². The molecule has 2 heteroatoms. The molecule has 0 saturated carbocycles. The van der Waals surface area contributed by atoms with Gasteiger partial charge in [-0.05, 0) is 19.4 Å². The number of unbranched alkanes of at least 4 members (excludes halogenated alkanes) is 1. The number of nitrogens with zero attached hydrogens (tertiary/aromatic N) is 2. The molecule has 0 radical (unpaired) electrons. The van der Waals surface area contributed by atoms with Crippen molar-refractivity contribution in [1.82, 2.24) is 9.55 Å². The zero-order valence-electron chi connectivity index (χ0n) is 11.6. The molecule has 0 unspecified atom stereocenters. The lowest BCUT2D eigenvalue weighted by Gasteiger charge is -2.03. The lowest BCUT2D eigenvalue weighted by atomic mass is 10.2. The summed E-state index contributed by atoms with van der Waals surface area (Å²) in [6.07, 6.45) is 16.3. The van der Waals surface area contributed by atoms with Crippen LogP contribution in [0.15, 0.2) is 43.2 Å². The van der Waals surface area contributed by atoms with Crippen LogP contribution in [0.4, 0.5) is 0 Å². The van der Waals surface area contributed by atoms with E-state index >= 15 is 0 Å². The average molecular weight is 242 g/mol. The third-order valence-corrected chi connectivity index (χ3v) is 2.75. The molecular formula is C16H22N2. The minimum atomic E-state index is 0.978. The van der Waals surface area contributed by atoms with Gasteiger partial charge in [0.25, 0.3) is 0 Å². The molecule has 0 aliphatic rings. The number of rotatable bonds is 6. The Bertz CT molecular complexity index is 473. The zero-order valence-corrected chi connectivity index (χ0v) is 11.6. The molecule has 0 spiro atoms. The largest absolute Gasteiger partial charge is 0.328 e. The first-order valence-electron chi connectivity index (χ1n) is 6.38. The van der Waals surface area contributed by atoms with Crippen molar-refractivity contribution in [2.45, 2.75) is 26.7 Å². The molecule has 0 aliphatic heterocycles. The summed E-state index contributed by atoms with van der Waals surface area (Å²) in [6.45, 7) is 7.88. The van der Waals surface area contributed by atoms with Gasteiger partial charge in [-0.25, -0.2) is 4.98 Å². The highest BCUT2D eigenvalue weighted by Gasteiger charge is 2.06. The predicted octanol–water partition coefficient (Wildman–Crippen LogP) is 4.38.